The number of benzene rings is 2. The summed E-state index contributed by atoms with van der Waals surface area (Å²) in [6.45, 7) is 5.13. The fourth-order valence-corrected chi connectivity index (χ4v) is 2.55. The Labute approximate surface area is 129 Å². The summed E-state index contributed by atoms with van der Waals surface area (Å²) in [5, 5.41) is 9.10. The molecule has 0 bridgehead atoms. The quantitative estimate of drug-likeness (QED) is 0.890. The summed E-state index contributed by atoms with van der Waals surface area (Å²) in [5.74, 6) is -0.432. The molecule has 2 aromatic rings. The maximum atomic E-state index is 11.1. The molecule has 0 aliphatic heterocycles. The third kappa shape index (κ3) is 4.26. The molecular weight excluding hydrogens is 284 g/mol. The third-order valence-electron chi connectivity index (χ3n) is 2.95. The number of carbonyl (C=O) groups is 1. The maximum absolute atomic E-state index is 11.1. The number of aliphatic carboxylic acids is 1. The number of hydrogen-bond acceptors (Lipinski definition) is 3. The Morgan fingerprint density at radius 3 is 2.38 bits per heavy atom. The van der Waals surface area contributed by atoms with E-state index in [1.807, 2.05) is 18.2 Å². The molecular formula is C17H18O3S. The predicted molar refractivity (Wildman–Crippen MR) is 84.1 cm³/mol. The second-order valence-electron chi connectivity index (χ2n) is 5.31. The Hall–Kier alpha value is -1.94. The van der Waals surface area contributed by atoms with Gasteiger partial charge in [0.2, 0.25) is 0 Å². The van der Waals surface area contributed by atoms with Gasteiger partial charge in [-0.25, -0.2) is 4.79 Å². The summed E-state index contributed by atoms with van der Waals surface area (Å²) >= 11 is 1.62. The fourth-order valence-electron chi connectivity index (χ4n) is 1.68. The first kappa shape index (κ1) is 15.4. The molecule has 0 saturated carbocycles. The Kier molecular flexibility index (Phi) is 4.58. The first-order valence-electron chi connectivity index (χ1n) is 6.64. The molecule has 0 fully saturated rings. The SMILES string of the molecule is Cc1ccc(Sc2cccc(OC(C)(C)C(=O)O)c2)cc1. The van der Waals surface area contributed by atoms with E-state index in [-0.39, 0.29) is 0 Å². The third-order valence-corrected chi connectivity index (χ3v) is 3.95. The average Bonchev–Trinajstić information content (AvgIpc) is 2.41. The van der Waals surface area contributed by atoms with E-state index < -0.39 is 11.6 Å². The minimum atomic E-state index is -1.24. The average molecular weight is 302 g/mol. The molecule has 0 aliphatic carbocycles. The highest BCUT2D eigenvalue weighted by atomic mass is 32.2. The Morgan fingerprint density at radius 1 is 1.10 bits per heavy atom. The minimum absolute atomic E-state index is 0.555. The van der Waals surface area contributed by atoms with Crippen molar-refractivity contribution in [2.24, 2.45) is 0 Å². The highest BCUT2D eigenvalue weighted by Crippen LogP contribution is 2.31. The van der Waals surface area contributed by atoms with Crippen LogP contribution in [0.4, 0.5) is 0 Å². The standard InChI is InChI=1S/C17H18O3S/c1-12-7-9-14(10-8-12)21-15-6-4-5-13(11-15)20-17(2,3)16(18)19/h4-11H,1-3H3,(H,18,19). The molecule has 1 N–H and O–H groups in total. The second-order valence-corrected chi connectivity index (χ2v) is 6.45. The van der Waals surface area contributed by atoms with E-state index in [0.717, 1.165) is 9.79 Å². The number of carboxylic acid groups (broad SMARTS) is 1. The van der Waals surface area contributed by atoms with Crippen molar-refractivity contribution in [3.63, 3.8) is 0 Å². The summed E-state index contributed by atoms with van der Waals surface area (Å²) in [5.41, 5.74) is -0.0210. The van der Waals surface area contributed by atoms with Gasteiger partial charge in [0.1, 0.15) is 5.75 Å². The highest BCUT2D eigenvalue weighted by Gasteiger charge is 2.29. The smallest absolute Gasteiger partial charge is 0.347 e. The summed E-state index contributed by atoms with van der Waals surface area (Å²) in [6.07, 6.45) is 0. The summed E-state index contributed by atoms with van der Waals surface area (Å²) in [7, 11) is 0. The van der Waals surface area contributed by atoms with Gasteiger partial charge in [-0.2, -0.15) is 0 Å². The summed E-state index contributed by atoms with van der Waals surface area (Å²) in [4.78, 5) is 13.2. The number of hydrogen-bond donors (Lipinski definition) is 1. The van der Waals surface area contributed by atoms with Crippen LogP contribution in [0.25, 0.3) is 0 Å². The molecule has 0 aromatic heterocycles. The van der Waals surface area contributed by atoms with Crippen molar-refractivity contribution in [1.29, 1.82) is 0 Å². The van der Waals surface area contributed by atoms with Crippen LogP contribution in [0.5, 0.6) is 5.75 Å². The lowest BCUT2D eigenvalue weighted by atomic mass is 10.1. The van der Waals surface area contributed by atoms with E-state index in [9.17, 15) is 4.79 Å². The zero-order valence-electron chi connectivity index (χ0n) is 12.3. The lowest BCUT2D eigenvalue weighted by Gasteiger charge is -2.21. The number of aryl methyl sites for hydroxylation is 1. The lowest BCUT2D eigenvalue weighted by Crippen LogP contribution is -2.37. The van der Waals surface area contributed by atoms with E-state index in [2.05, 4.69) is 31.2 Å². The van der Waals surface area contributed by atoms with Gasteiger partial charge in [-0.15, -0.1) is 0 Å². The molecule has 2 aromatic carbocycles. The van der Waals surface area contributed by atoms with Crippen LogP contribution in [-0.2, 0) is 4.79 Å². The first-order chi connectivity index (χ1) is 9.87. The van der Waals surface area contributed by atoms with Gasteiger partial charge in [0, 0.05) is 9.79 Å². The lowest BCUT2D eigenvalue weighted by molar-refractivity contribution is -0.152. The summed E-state index contributed by atoms with van der Waals surface area (Å²) < 4.78 is 5.55. The minimum Gasteiger partial charge on any atom is -0.478 e. The zero-order valence-corrected chi connectivity index (χ0v) is 13.1. The van der Waals surface area contributed by atoms with Crippen molar-refractivity contribution in [2.75, 3.05) is 0 Å². The molecule has 0 heterocycles. The van der Waals surface area contributed by atoms with Crippen LogP contribution in [0, 0.1) is 6.92 Å². The van der Waals surface area contributed by atoms with Crippen molar-refractivity contribution in [3.05, 3.63) is 54.1 Å². The fraction of sp³-hybridized carbons (Fsp3) is 0.235. The highest BCUT2D eigenvalue weighted by molar-refractivity contribution is 7.99. The first-order valence-corrected chi connectivity index (χ1v) is 7.45. The molecule has 110 valence electrons. The van der Waals surface area contributed by atoms with E-state index >= 15 is 0 Å². The van der Waals surface area contributed by atoms with Crippen molar-refractivity contribution < 1.29 is 14.6 Å². The Bertz CT molecular complexity index is 633. The van der Waals surface area contributed by atoms with Gasteiger partial charge < -0.3 is 9.84 Å². The van der Waals surface area contributed by atoms with Gasteiger partial charge in [-0.3, -0.25) is 0 Å². The molecule has 0 aliphatic rings. The van der Waals surface area contributed by atoms with Crippen LogP contribution in [0.2, 0.25) is 0 Å². The van der Waals surface area contributed by atoms with E-state index in [1.54, 1.807) is 17.8 Å². The van der Waals surface area contributed by atoms with Crippen LogP contribution in [0.1, 0.15) is 19.4 Å². The van der Waals surface area contributed by atoms with Gasteiger partial charge in [0.25, 0.3) is 0 Å². The maximum Gasteiger partial charge on any atom is 0.347 e. The number of rotatable bonds is 5. The topological polar surface area (TPSA) is 46.5 Å². The van der Waals surface area contributed by atoms with Crippen molar-refractivity contribution in [1.82, 2.24) is 0 Å². The van der Waals surface area contributed by atoms with Gasteiger partial charge in [-0.05, 0) is 51.1 Å². The van der Waals surface area contributed by atoms with Crippen LogP contribution in [0.15, 0.2) is 58.3 Å². The summed E-state index contributed by atoms with van der Waals surface area (Å²) in [6, 6.07) is 15.7. The van der Waals surface area contributed by atoms with Crippen molar-refractivity contribution >= 4 is 17.7 Å². The van der Waals surface area contributed by atoms with E-state index in [4.69, 9.17) is 9.84 Å². The van der Waals surface area contributed by atoms with Gasteiger partial charge in [-0.1, -0.05) is 35.5 Å². The largest absolute Gasteiger partial charge is 0.478 e. The van der Waals surface area contributed by atoms with Gasteiger partial charge >= 0.3 is 5.97 Å². The molecule has 3 nitrogen and oxygen atoms in total. The van der Waals surface area contributed by atoms with Crippen LogP contribution >= 0.6 is 11.8 Å². The Morgan fingerprint density at radius 2 is 1.76 bits per heavy atom. The van der Waals surface area contributed by atoms with Crippen LogP contribution < -0.4 is 4.74 Å². The molecule has 0 radical (unpaired) electrons. The van der Waals surface area contributed by atoms with Crippen LogP contribution in [-0.4, -0.2) is 16.7 Å². The second kappa shape index (κ2) is 6.22. The molecule has 0 spiro atoms. The normalized spacial score (nSPS) is 11.2. The van der Waals surface area contributed by atoms with Gasteiger partial charge in [0.15, 0.2) is 5.60 Å². The molecule has 0 amide bonds. The molecule has 4 heteroatoms. The monoisotopic (exact) mass is 302 g/mol. The van der Waals surface area contributed by atoms with Crippen molar-refractivity contribution in [3.8, 4) is 5.75 Å². The number of carboxylic acids is 1. The van der Waals surface area contributed by atoms with E-state index in [1.165, 1.54) is 19.4 Å². The number of ether oxygens (including phenoxy) is 1. The molecule has 0 saturated heterocycles. The molecule has 0 atom stereocenters. The molecule has 0 unspecified atom stereocenters. The van der Waals surface area contributed by atoms with Crippen LogP contribution in [0.3, 0.4) is 0 Å². The van der Waals surface area contributed by atoms with E-state index in [0.29, 0.717) is 5.75 Å². The molecule has 21 heavy (non-hydrogen) atoms. The van der Waals surface area contributed by atoms with Crippen molar-refractivity contribution in [2.45, 2.75) is 36.2 Å². The zero-order chi connectivity index (χ0) is 15.5. The Balaban J connectivity index is 2.14. The molecule has 2 rings (SSSR count). The van der Waals surface area contributed by atoms with Gasteiger partial charge in [0.05, 0.1) is 0 Å². The predicted octanol–water partition coefficient (Wildman–Crippen LogP) is 4.39.